The molecule has 8 heteroatoms. The van der Waals surface area contributed by atoms with Gasteiger partial charge >= 0.3 is 5.97 Å². The molecule has 1 aromatic heterocycles. The first-order chi connectivity index (χ1) is 11.2. The normalized spacial score (nSPS) is 10.7. The number of rotatable bonds is 9. The molecule has 0 fully saturated rings. The molecule has 0 saturated heterocycles. The van der Waals surface area contributed by atoms with E-state index >= 15 is 0 Å². The first kappa shape index (κ1) is 22.9. The Morgan fingerprint density at radius 1 is 1.33 bits per heavy atom. The Hall–Kier alpha value is -1.09. The van der Waals surface area contributed by atoms with Gasteiger partial charge in [-0.15, -0.1) is 24.0 Å². The Bertz CT molecular complexity index is 497. The van der Waals surface area contributed by atoms with E-state index in [9.17, 15) is 4.79 Å². The topological polar surface area (TPSA) is 75.6 Å². The molecule has 0 saturated carbocycles. The summed E-state index contributed by atoms with van der Waals surface area (Å²) >= 11 is 5.76. The van der Waals surface area contributed by atoms with Crippen LogP contribution >= 0.6 is 35.6 Å². The molecule has 0 aliphatic rings. The number of nitrogens with one attached hydrogen (secondary N) is 2. The molecular formula is C16H26ClIN4O2. The molecule has 1 rings (SSSR count). The SMILES string of the molecule is CCNC(=NCCCCC(=O)OC)NCCc1ccc(Cl)nc1.I. The van der Waals surface area contributed by atoms with E-state index in [2.05, 4.69) is 25.3 Å². The summed E-state index contributed by atoms with van der Waals surface area (Å²) in [6.45, 7) is 4.26. The molecule has 0 aliphatic carbocycles. The van der Waals surface area contributed by atoms with Crippen molar-refractivity contribution >= 4 is 47.5 Å². The maximum atomic E-state index is 11.0. The standard InChI is InChI=1S/C16H25ClN4O2.HI/c1-3-18-16(19-10-5-4-6-15(22)23-2)20-11-9-13-7-8-14(17)21-12-13;/h7-8,12H,3-6,9-11H2,1-2H3,(H2,18,19,20);1H. The van der Waals surface area contributed by atoms with Crippen LogP contribution in [0.15, 0.2) is 23.3 Å². The molecule has 2 N–H and O–H groups in total. The molecule has 0 bridgehead atoms. The van der Waals surface area contributed by atoms with Crippen molar-refractivity contribution in [3.05, 3.63) is 29.0 Å². The number of esters is 1. The average molecular weight is 469 g/mol. The number of pyridine rings is 1. The third-order valence-electron chi connectivity index (χ3n) is 3.13. The minimum Gasteiger partial charge on any atom is -0.469 e. The first-order valence-electron chi connectivity index (χ1n) is 7.85. The van der Waals surface area contributed by atoms with Crippen LogP contribution in [-0.2, 0) is 16.0 Å². The van der Waals surface area contributed by atoms with Gasteiger partial charge < -0.3 is 15.4 Å². The van der Waals surface area contributed by atoms with Crippen LogP contribution in [0.2, 0.25) is 5.15 Å². The Kier molecular flexibility index (Phi) is 13.6. The van der Waals surface area contributed by atoms with Crippen LogP contribution in [0.5, 0.6) is 0 Å². The summed E-state index contributed by atoms with van der Waals surface area (Å²) in [7, 11) is 1.41. The van der Waals surface area contributed by atoms with E-state index in [0.717, 1.165) is 43.9 Å². The maximum absolute atomic E-state index is 11.0. The van der Waals surface area contributed by atoms with Gasteiger partial charge in [0.15, 0.2) is 5.96 Å². The van der Waals surface area contributed by atoms with Crippen molar-refractivity contribution in [1.82, 2.24) is 15.6 Å². The molecule has 0 unspecified atom stereocenters. The predicted octanol–water partition coefficient (Wildman–Crippen LogP) is 2.79. The summed E-state index contributed by atoms with van der Waals surface area (Å²) in [5.74, 6) is 0.614. The van der Waals surface area contributed by atoms with Crippen LogP contribution < -0.4 is 10.6 Å². The van der Waals surface area contributed by atoms with E-state index in [4.69, 9.17) is 11.6 Å². The minimum absolute atomic E-state index is 0. The van der Waals surface area contributed by atoms with E-state index in [1.807, 2.05) is 13.0 Å². The van der Waals surface area contributed by atoms with Gasteiger partial charge in [-0.25, -0.2) is 4.98 Å². The summed E-state index contributed by atoms with van der Waals surface area (Å²) in [6, 6.07) is 3.76. The molecular weight excluding hydrogens is 443 g/mol. The number of carbonyl (C=O) groups excluding carboxylic acids is 1. The summed E-state index contributed by atoms with van der Waals surface area (Å²) < 4.78 is 4.61. The van der Waals surface area contributed by atoms with Crippen molar-refractivity contribution in [1.29, 1.82) is 0 Å². The molecule has 136 valence electrons. The zero-order valence-corrected chi connectivity index (χ0v) is 17.3. The van der Waals surface area contributed by atoms with Crippen molar-refractivity contribution < 1.29 is 9.53 Å². The molecule has 0 amide bonds. The number of unbranched alkanes of at least 4 members (excludes halogenated alkanes) is 1. The first-order valence-corrected chi connectivity index (χ1v) is 8.23. The predicted molar refractivity (Wildman–Crippen MR) is 108 cm³/mol. The number of methoxy groups -OCH3 is 1. The average Bonchev–Trinajstić information content (AvgIpc) is 2.56. The van der Waals surface area contributed by atoms with Crippen LogP contribution in [0, 0.1) is 0 Å². The summed E-state index contributed by atoms with van der Waals surface area (Å²) in [5.41, 5.74) is 1.12. The quantitative estimate of drug-likeness (QED) is 0.146. The van der Waals surface area contributed by atoms with Crippen molar-refractivity contribution in [3.8, 4) is 0 Å². The van der Waals surface area contributed by atoms with Gasteiger partial charge in [-0.1, -0.05) is 17.7 Å². The monoisotopic (exact) mass is 468 g/mol. The molecule has 0 radical (unpaired) electrons. The number of halogens is 2. The van der Waals surface area contributed by atoms with E-state index in [1.165, 1.54) is 7.11 Å². The Balaban J connectivity index is 0.00000529. The molecule has 0 aliphatic heterocycles. The highest BCUT2D eigenvalue weighted by Crippen LogP contribution is 2.05. The van der Waals surface area contributed by atoms with Crippen molar-refractivity contribution in [2.24, 2.45) is 4.99 Å². The molecule has 0 aromatic carbocycles. The second-order valence-corrected chi connectivity index (χ2v) is 5.35. The summed E-state index contributed by atoms with van der Waals surface area (Å²) in [5, 5.41) is 6.98. The van der Waals surface area contributed by atoms with Gasteiger partial charge in [0.25, 0.3) is 0 Å². The summed E-state index contributed by atoms with van der Waals surface area (Å²) in [6.07, 6.45) is 4.70. The number of guanidine groups is 1. The van der Waals surface area contributed by atoms with E-state index < -0.39 is 0 Å². The number of aromatic nitrogens is 1. The smallest absolute Gasteiger partial charge is 0.305 e. The fourth-order valence-electron chi connectivity index (χ4n) is 1.90. The Morgan fingerprint density at radius 3 is 2.75 bits per heavy atom. The van der Waals surface area contributed by atoms with Crippen LogP contribution in [0.25, 0.3) is 0 Å². The van der Waals surface area contributed by atoms with Gasteiger partial charge in [0.2, 0.25) is 0 Å². The lowest BCUT2D eigenvalue weighted by molar-refractivity contribution is -0.140. The Morgan fingerprint density at radius 2 is 2.12 bits per heavy atom. The number of carbonyl (C=O) groups is 1. The van der Waals surface area contributed by atoms with Gasteiger partial charge in [0.05, 0.1) is 7.11 Å². The molecule has 24 heavy (non-hydrogen) atoms. The minimum atomic E-state index is -0.171. The van der Waals surface area contributed by atoms with Gasteiger partial charge in [0.1, 0.15) is 5.15 Å². The lowest BCUT2D eigenvalue weighted by Crippen LogP contribution is -2.38. The number of hydrogen-bond acceptors (Lipinski definition) is 4. The van der Waals surface area contributed by atoms with Crippen molar-refractivity contribution in [2.75, 3.05) is 26.7 Å². The van der Waals surface area contributed by atoms with Crippen molar-refractivity contribution in [2.45, 2.75) is 32.6 Å². The van der Waals surface area contributed by atoms with Crippen LogP contribution in [0.4, 0.5) is 0 Å². The summed E-state index contributed by atoms with van der Waals surface area (Å²) in [4.78, 5) is 19.6. The lowest BCUT2D eigenvalue weighted by atomic mass is 10.2. The van der Waals surface area contributed by atoms with E-state index in [1.54, 1.807) is 12.3 Å². The molecule has 6 nitrogen and oxygen atoms in total. The molecule has 1 heterocycles. The number of ether oxygens (including phenoxy) is 1. The largest absolute Gasteiger partial charge is 0.469 e. The van der Waals surface area contributed by atoms with Gasteiger partial charge in [-0.3, -0.25) is 9.79 Å². The number of nitrogens with zero attached hydrogens (tertiary/aromatic N) is 2. The van der Waals surface area contributed by atoms with Gasteiger partial charge in [-0.2, -0.15) is 0 Å². The third-order valence-corrected chi connectivity index (χ3v) is 3.35. The highest BCUT2D eigenvalue weighted by Gasteiger charge is 2.00. The highest BCUT2D eigenvalue weighted by atomic mass is 127. The van der Waals surface area contributed by atoms with Crippen molar-refractivity contribution in [3.63, 3.8) is 0 Å². The van der Waals surface area contributed by atoms with Crippen LogP contribution in [0.1, 0.15) is 31.7 Å². The van der Waals surface area contributed by atoms with Gasteiger partial charge in [0, 0.05) is 32.3 Å². The fraction of sp³-hybridized carbons (Fsp3) is 0.562. The zero-order chi connectivity index (χ0) is 16.9. The zero-order valence-electron chi connectivity index (χ0n) is 14.2. The molecule has 0 spiro atoms. The third kappa shape index (κ3) is 10.6. The van der Waals surface area contributed by atoms with Crippen LogP contribution in [-0.4, -0.2) is 43.7 Å². The molecule has 1 aromatic rings. The Labute approximate surface area is 165 Å². The van der Waals surface area contributed by atoms with E-state index in [-0.39, 0.29) is 29.9 Å². The fourth-order valence-corrected chi connectivity index (χ4v) is 2.01. The second kappa shape index (κ2) is 14.3. The van der Waals surface area contributed by atoms with E-state index in [0.29, 0.717) is 18.1 Å². The van der Waals surface area contributed by atoms with Crippen LogP contribution in [0.3, 0.4) is 0 Å². The maximum Gasteiger partial charge on any atom is 0.305 e. The number of aliphatic imine (C=N–C) groups is 1. The van der Waals surface area contributed by atoms with Gasteiger partial charge in [-0.05, 0) is 37.8 Å². The second-order valence-electron chi connectivity index (χ2n) is 4.96. The molecule has 0 atom stereocenters. The lowest BCUT2D eigenvalue weighted by Gasteiger charge is -2.11. The highest BCUT2D eigenvalue weighted by molar-refractivity contribution is 14.0. The number of hydrogen-bond donors (Lipinski definition) is 2.